The van der Waals surface area contributed by atoms with Gasteiger partial charge in [-0.15, -0.1) is 11.3 Å². The van der Waals surface area contributed by atoms with E-state index in [0.717, 1.165) is 15.0 Å². The van der Waals surface area contributed by atoms with Crippen molar-refractivity contribution in [1.29, 1.82) is 0 Å². The normalized spacial score (nSPS) is 11.6. The molecule has 1 heterocycles. The van der Waals surface area contributed by atoms with Crippen LogP contribution in [0.3, 0.4) is 0 Å². The zero-order valence-corrected chi connectivity index (χ0v) is 18.5. The number of ether oxygens (including phenoxy) is 1. The summed E-state index contributed by atoms with van der Waals surface area (Å²) < 4.78 is 6.40. The second-order valence-electron chi connectivity index (χ2n) is 6.06. The SMILES string of the molecule is CC(Oc1cccc(Br)c1)C(=O)NNC(=O)Cc1csc(-c2ccccc2Cl)n1. The smallest absolute Gasteiger partial charge is 0.279 e. The summed E-state index contributed by atoms with van der Waals surface area (Å²) in [5.74, 6) is -0.305. The average Bonchev–Trinajstić information content (AvgIpc) is 3.14. The van der Waals surface area contributed by atoms with Gasteiger partial charge in [-0.25, -0.2) is 4.98 Å². The highest BCUT2D eigenvalue weighted by Crippen LogP contribution is 2.30. The number of carbonyl (C=O) groups excluding carboxylic acids is 2. The van der Waals surface area contributed by atoms with E-state index in [2.05, 4.69) is 31.8 Å². The van der Waals surface area contributed by atoms with E-state index in [1.54, 1.807) is 36.6 Å². The molecule has 2 aromatic carbocycles. The Bertz CT molecular complexity index is 1030. The van der Waals surface area contributed by atoms with Crippen LogP contribution in [0.25, 0.3) is 10.6 Å². The number of nitrogens with zero attached hydrogens (tertiary/aromatic N) is 1. The van der Waals surface area contributed by atoms with Gasteiger partial charge in [0, 0.05) is 15.4 Å². The van der Waals surface area contributed by atoms with Gasteiger partial charge in [-0.2, -0.15) is 0 Å². The molecule has 150 valence electrons. The maximum absolute atomic E-state index is 12.1. The van der Waals surface area contributed by atoms with E-state index in [4.69, 9.17) is 16.3 Å². The molecule has 2 N–H and O–H groups in total. The molecule has 0 bridgehead atoms. The Morgan fingerprint density at radius 1 is 1.21 bits per heavy atom. The van der Waals surface area contributed by atoms with Crippen LogP contribution in [0.4, 0.5) is 0 Å². The monoisotopic (exact) mass is 493 g/mol. The highest BCUT2D eigenvalue weighted by molar-refractivity contribution is 9.10. The summed E-state index contributed by atoms with van der Waals surface area (Å²) in [6.07, 6.45) is -0.752. The molecule has 6 nitrogen and oxygen atoms in total. The summed E-state index contributed by atoms with van der Waals surface area (Å²) in [7, 11) is 0. The molecule has 2 amide bonds. The molecule has 0 spiro atoms. The van der Waals surface area contributed by atoms with Gasteiger partial charge >= 0.3 is 0 Å². The van der Waals surface area contributed by atoms with Crippen molar-refractivity contribution in [3.05, 3.63) is 69.1 Å². The molecule has 0 fully saturated rings. The lowest BCUT2D eigenvalue weighted by atomic mass is 10.2. The first-order chi connectivity index (χ1) is 13.9. The van der Waals surface area contributed by atoms with E-state index in [1.165, 1.54) is 11.3 Å². The molecule has 0 aliphatic heterocycles. The van der Waals surface area contributed by atoms with Crippen molar-refractivity contribution in [1.82, 2.24) is 15.8 Å². The Morgan fingerprint density at radius 3 is 2.76 bits per heavy atom. The zero-order valence-electron chi connectivity index (χ0n) is 15.3. The number of thiazole rings is 1. The fraction of sp³-hybridized carbons (Fsp3) is 0.150. The van der Waals surface area contributed by atoms with Crippen LogP contribution in [0.1, 0.15) is 12.6 Å². The van der Waals surface area contributed by atoms with Crippen molar-refractivity contribution in [2.24, 2.45) is 0 Å². The van der Waals surface area contributed by atoms with Crippen molar-refractivity contribution in [2.45, 2.75) is 19.4 Å². The van der Waals surface area contributed by atoms with Gasteiger partial charge in [0.05, 0.1) is 17.1 Å². The van der Waals surface area contributed by atoms with Crippen molar-refractivity contribution in [3.8, 4) is 16.3 Å². The number of hydrogen-bond donors (Lipinski definition) is 2. The van der Waals surface area contributed by atoms with Crippen LogP contribution in [0.5, 0.6) is 5.75 Å². The van der Waals surface area contributed by atoms with E-state index < -0.39 is 12.0 Å². The molecule has 9 heteroatoms. The lowest BCUT2D eigenvalue weighted by Gasteiger charge is -2.15. The molecule has 3 aromatic rings. The zero-order chi connectivity index (χ0) is 20.8. The third kappa shape index (κ3) is 6.03. The van der Waals surface area contributed by atoms with Gasteiger partial charge in [0.1, 0.15) is 10.8 Å². The lowest BCUT2D eigenvalue weighted by Crippen LogP contribution is -2.47. The molecular weight excluding hydrogens is 478 g/mol. The highest BCUT2D eigenvalue weighted by Gasteiger charge is 2.16. The first kappa shape index (κ1) is 21.3. The van der Waals surface area contributed by atoms with Crippen LogP contribution < -0.4 is 15.6 Å². The Balaban J connectivity index is 1.50. The molecule has 1 atom stereocenters. The predicted molar refractivity (Wildman–Crippen MR) is 117 cm³/mol. The molecule has 1 unspecified atom stereocenters. The maximum Gasteiger partial charge on any atom is 0.279 e. The number of amides is 2. The van der Waals surface area contributed by atoms with E-state index >= 15 is 0 Å². The van der Waals surface area contributed by atoms with Crippen molar-refractivity contribution >= 4 is 50.7 Å². The number of aromatic nitrogens is 1. The number of benzene rings is 2. The Morgan fingerprint density at radius 2 is 2.00 bits per heavy atom. The molecule has 0 saturated carbocycles. The highest BCUT2D eigenvalue weighted by atomic mass is 79.9. The minimum absolute atomic E-state index is 0.0299. The molecule has 29 heavy (non-hydrogen) atoms. The number of nitrogens with one attached hydrogen (secondary N) is 2. The molecule has 0 radical (unpaired) electrons. The molecule has 0 aliphatic carbocycles. The van der Waals surface area contributed by atoms with Gasteiger partial charge in [-0.1, -0.05) is 51.8 Å². The average molecular weight is 495 g/mol. The number of rotatable bonds is 6. The van der Waals surface area contributed by atoms with Crippen LogP contribution in [-0.4, -0.2) is 22.9 Å². The number of halogens is 2. The number of hydrogen-bond acceptors (Lipinski definition) is 5. The summed E-state index contributed by atoms with van der Waals surface area (Å²) in [6.45, 7) is 1.60. The number of carbonyl (C=O) groups is 2. The maximum atomic E-state index is 12.1. The lowest BCUT2D eigenvalue weighted by molar-refractivity contribution is -0.132. The third-order valence-corrected chi connectivity index (χ3v) is 5.55. The summed E-state index contributed by atoms with van der Waals surface area (Å²) >= 11 is 10.9. The van der Waals surface area contributed by atoms with E-state index in [1.807, 2.05) is 24.3 Å². The summed E-state index contributed by atoms with van der Waals surface area (Å²) in [5, 5.41) is 3.13. The Kier molecular flexibility index (Phi) is 7.24. The molecule has 3 rings (SSSR count). The third-order valence-electron chi connectivity index (χ3n) is 3.80. The second-order valence-corrected chi connectivity index (χ2v) is 8.24. The quantitative estimate of drug-likeness (QED) is 0.498. The van der Waals surface area contributed by atoms with Crippen LogP contribution >= 0.6 is 38.9 Å². The van der Waals surface area contributed by atoms with Gasteiger partial charge in [0.15, 0.2) is 6.10 Å². The van der Waals surface area contributed by atoms with E-state index in [9.17, 15) is 9.59 Å². The van der Waals surface area contributed by atoms with Crippen LogP contribution in [0.2, 0.25) is 5.02 Å². The van der Waals surface area contributed by atoms with Crippen LogP contribution in [0.15, 0.2) is 58.4 Å². The minimum atomic E-state index is -0.782. The van der Waals surface area contributed by atoms with Gasteiger partial charge in [-0.3, -0.25) is 20.4 Å². The molecule has 0 aliphatic rings. The van der Waals surface area contributed by atoms with Gasteiger partial charge in [0.2, 0.25) is 5.91 Å². The topological polar surface area (TPSA) is 80.3 Å². The van der Waals surface area contributed by atoms with Gasteiger partial charge in [-0.05, 0) is 31.2 Å². The predicted octanol–water partition coefficient (Wildman–Crippen LogP) is 4.38. The second kappa shape index (κ2) is 9.87. The fourth-order valence-electron chi connectivity index (χ4n) is 2.39. The summed E-state index contributed by atoms with van der Waals surface area (Å²) in [6, 6.07) is 14.5. The van der Waals surface area contributed by atoms with Crippen LogP contribution in [0, 0.1) is 0 Å². The molecular formula is C20H17BrClN3O3S. The first-order valence-electron chi connectivity index (χ1n) is 8.62. The standard InChI is InChI=1S/C20H17BrClN3O3S/c1-12(28-15-6-4-5-13(21)9-15)19(27)25-24-18(26)10-14-11-29-20(23-14)16-7-2-3-8-17(16)22/h2-9,11-12H,10H2,1H3,(H,24,26)(H,25,27). The van der Waals surface area contributed by atoms with Crippen molar-refractivity contribution in [3.63, 3.8) is 0 Å². The molecule has 1 aromatic heterocycles. The van der Waals surface area contributed by atoms with Crippen LogP contribution in [-0.2, 0) is 16.0 Å². The Labute approximate surface area is 185 Å². The largest absolute Gasteiger partial charge is 0.481 e. The van der Waals surface area contributed by atoms with E-state index in [-0.39, 0.29) is 12.3 Å². The Hall–Kier alpha value is -2.42. The minimum Gasteiger partial charge on any atom is -0.481 e. The van der Waals surface area contributed by atoms with Crippen molar-refractivity contribution in [2.75, 3.05) is 0 Å². The summed E-state index contributed by atoms with van der Waals surface area (Å²) in [5.41, 5.74) is 6.15. The van der Waals surface area contributed by atoms with Crippen molar-refractivity contribution < 1.29 is 14.3 Å². The van der Waals surface area contributed by atoms with Gasteiger partial charge in [0.25, 0.3) is 5.91 Å². The van der Waals surface area contributed by atoms with Gasteiger partial charge < -0.3 is 4.74 Å². The van der Waals surface area contributed by atoms with E-state index in [0.29, 0.717) is 16.5 Å². The molecule has 0 saturated heterocycles. The fourth-order valence-corrected chi connectivity index (χ4v) is 3.90. The number of hydrazine groups is 1. The first-order valence-corrected chi connectivity index (χ1v) is 10.7. The summed E-state index contributed by atoms with van der Waals surface area (Å²) in [4.78, 5) is 28.7.